The van der Waals surface area contributed by atoms with E-state index in [-0.39, 0.29) is 18.1 Å². The highest BCUT2D eigenvalue weighted by Gasteiger charge is 2.36. The second-order valence-corrected chi connectivity index (χ2v) is 5.72. The highest BCUT2D eigenvalue weighted by molar-refractivity contribution is 5.95. The molecular weight excluding hydrogens is 268 g/mol. The minimum Gasteiger partial charge on any atom is -0.495 e. The Balaban J connectivity index is 1.81. The summed E-state index contributed by atoms with van der Waals surface area (Å²) in [5.74, 6) is 0.647. The topological polar surface area (TPSA) is 64.8 Å². The molecule has 1 heterocycles. The highest BCUT2D eigenvalue weighted by atomic mass is 16.5. The summed E-state index contributed by atoms with van der Waals surface area (Å²) in [5.41, 5.74) is 7.03. The number of benzene rings is 1. The van der Waals surface area contributed by atoms with E-state index in [0.29, 0.717) is 30.2 Å². The number of nitrogens with two attached hydrogens (primary N) is 1. The van der Waals surface area contributed by atoms with E-state index in [4.69, 9.17) is 15.2 Å². The van der Waals surface area contributed by atoms with Crippen molar-refractivity contribution >= 4 is 11.6 Å². The summed E-state index contributed by atoms with van der Waals surface area (Å²) < 4.78 is 11.0. The van der Waals surface area contributed by atoms with Crippen LogP contribution in [0.1, 0.15) is 36.0 Å². The number of rotatable bonds is 2. The van der Waals surface area contributed by atoms with E-state index in [9.17, 15) is 4.79 Å². The van der Waals surface area contributed by atoms with Crippen LogP contribution in [0.25, 0.3) is 0 Å². The van der Waals surface area contributed by atoms with Crippen molar-refractivity contribution in [1.29, 1.82) is 0 Å². The lowest BCUT2D eigenvalue weighted by atomic mass is 9.89. The first-order valence-electron chi connectivity index (χ1n) is 7.57. The fourth-order valence-corrected chi connectivity index (χ4v) is 3.38. The normalized spacial score (nSPS) is 25.3. The van der Waals surface area contributed by atoms with Crippen molar-refractivity contribution < 1.29 is 14.3 Å². The van der Waals surface area contributed by atoms with Gasteiger partial charge in [0.25, 0.3) is 5.91 Å². The van der Waals surface area contributed by atoms with Gasteiger partial charge in [0.05, 0.1) is 31.5 Å². The molecule has 3 rings (SSSR count). The number of nitrogens with zero attached hydrogens (tertiary/aromatic N) is 1. The molecule has 1 aromatic carbocycles. The highest BCUT2D eigenvalue weighted by Crippen LogP contribution is 2.30. The fourth-order valence-electron chi connectivity index (χ4n) is 3.38. The molecule has 5 nitrogen and oxygen atoms in total. The van der Waals surface area contributed by atoms with Crippen molar-refractivity contribution in [2.45, 2.75) is 37.8 Å². The lowest BCUT2D eigenvalue weighted by molar-refractivity contribution is -0.0752. The Morgan fingerprint density at radius 1 is 1.38 bits per heavy atom. The van der Waals surface area contributed by atoms with Gasteiger partial charge in [0, 0.05) is 12.1 Å². The summed E-state index contributed by atoms with van der Waals surface area (Å²) in [6.45, 7) is 1.28. The molecule has 2 unspecified atom stereocenters. The molecular formula is C16H22N2O3. The molecule has 1 aliphatic heterocycles. The SMILES string of the molecule is COc1ccc(C(=O)N2CCOC3CCCCC32)cc1N. The van der Waals surface area contributed by atoms with E-state index >= 15 is 0 Å². The van der Waals surface area contributed by atoms with Crippen molar-refractivity contribution in [3.8, 4) is 5.75 Å². The Kier molecular flexibility index (Phi) is 4.01. The van der Waals surface area contributed by atoms with Gasteiger partial charge in [0.2, 0.25) is 0 Å². The third-order valence-electron chi connectivity index (χ3n) is 4.47. The van der Waals surface area contributed by atoms with Crippen molar-refractivity contribution in [3.05, 3.63) is 23.8 Å². The van der Waals surface area contributed by atoms with Gasteiger partial charge in [0.1, 0.15) is 5.75 Å². The number of hydrogen-bond donors (Lipinski definition) is 1. The van der Waals surface area contributed by atoms with E-state index in [1.54, 1.807) is 25.3 Å². The average molecular weight is 290 g/mol. The first kappa shape index (κ1) is 14.2. The molecule has 1 amide bonds. The molecule has 1 saturated carbocycles. The summed E-state index contributed by atoms with van der Waals surface area (Å²) in [6, 6.07) is 5.45. The molecule has 0 aromatic heterocycles. The molecule has 21 heavy (non-hydrogen) atoms. The van der Waals surface area contributed by atoms with Gasteiger partial charge in [-0.15, -0.1) is 0 Å². The van der Waals surface area contributed by atoms with Crippen LogP contribution in [0.5, 0.6) is 5.75 Å². The van der Waals surface area contributed by atoms with E-state index in [1.165, 1.54) is 12.8 Å². The Labute approximate surface area is 125 Å². The molecule has 0 spiro atoms. The Hall–Kier alpha value is -1.75. The lowest BCUT2D eigenvalue weighted by Crippen LogP contribution is -2.54. The van der Waals surface area contributed by atoms with Crippen LogP contribution in [0.4, 0.5) is 5.69 Å². The van der Waals surface area contributed by atoms with Crippen molar-refractivity contribution in [2.75, 3.05) is 26.0 Å². The van der Waals surface area contributed by atoms with Crippen LogP contribution >= 0.6 is 0 Å². The van der Waals surface area contributed by atoms with Gasteiger partial charge >= 0.3 is 0 Å². The number of fused-ring (bicyclic) bond motifs is 1. The number of anilines is 1. The second-order valence-electron chi connectivity index (χ2n) is 5.72. The number of morpholine rings is 1. The maximum atomic E-state index is 12.8. The van der Waals surface area contributed by atoms with Crippen molar-refractivity contribution in [1.82, 2.24) is 4.90 Å². The molecule has 0 radical (unpaired) electrons. The monoisotopic (exact) mass is 290 g/mol. The molecule has 1 saturated heterocycles. The van der Waals surface area contributed by atoms with E-state index < -0.39 is 0 Å². The van der Waals surface area contributed by atoms with Crippen LogP contribution in [0.15, 0.2) is 18.2 Å². The van der Waals surface area contributed by atoms with Gasteiger partial charge in [-0.05, 0) is 31.0 Å². The molecule has 2 fully saturated rings. The molecule has 1 aliphatic carbocycles. The molecule has 2 N–H and O–H groups in total. The number of carbonyl (C=O) groups is 1. The average Bonchev–Trinajstić information content (AvgIpc) is 2.53. The Bertz CT molecular complexity index is 530. The second kappa shape index (κ2) is 5.93. The van der Waals surface area contributed by atoms with Crippen LogP contribution in [-0.4, -0.2) is 43.2 Å². The maximum Gasteiger partial charge on any atom is 0.254 e. The summed E-state index contributed by atoms with van der Waals surface area (Å²) in [4.78, 5) is 14.7. The molecule has 1 aromatic rings. The quantitative estimate of drug-likeness (QED) is 0.847. The fraction of sp³-hybridized carbons (Fsp3) is 0.562. The summed E-state index contributed by atoms with van der Waals surface area (Å²) >= 11 is 0. The van der Waals surface area contributed by atoms with Crippen molar-refractivity contribution in [3.63, 3.8) is 0 Å². The predicted molar refractivity (Wildman–Crippen MR) is 80.4 cm³/mol. The standard InChI is InChI=1S/C16H22N2O3/c1-20-14-7-6-11(10-12(14)17)16(19)18-8-9-21-15-5-3-2-4-13(15)18/h6-7,10,13,15H,2-5,8-9,17H2,1H3. The Morgan fingerprint density at radius 3 is 2.95 bits per heavy atom. The van der Waals surface area contributed by atoms with Crippen LogP contribution < -0.4 is 10.5 Å². The van der Waals surface area contributed by atoms with E-state index in [1.807, 2.05) is 4.90 Å². The van der Waals surface area contributed by atoms with Gasteiger partial charge in [-0.1, -0.05) is 12.8 Å². The third kappa shape index (κ3) is 2.70. The van der Waals surface area contributed by atoms with E-state index in [0.717, 1.165) is 12.8 Å². The van der Waals surface area contributed by atoms with Crippen molar-refractivity contribution in [2.24, 2.45) is 0 Å². The van der Waals surface area contributed by atoms with Crippen LogP contribution in [-0.2, 0) is 4.74 Å². The van der Waals surface area contributed by atoms with Gasteiger partial charge in [-0.3, -0.25) is 4.79 Å². The summed E-state index contributed by atoms with van der Waals surface area (Å²) in [5, 5.41) is 0. The lowest BCUT2D eigenvalue weighted by Gasteiger charge is -2.43. The maximum absolute atomic E-state index is 12.8. The molecule has 5 heteroatoms. The van der Waals surface area contributed by atoms with Crippen LogP contribution in [0.3, 0.4) is 0 Å². The largest absolute Gasteiger partial charge is 0.495 e. The zero-order chi connectivity index (χ0) is 14.8. The Morgan fingerprint density at radius 2 is 2.19 bits per heavy atom. The minimum absolute atomic E-state index is 0.0459. The number of nitrogen functional groups attached to an aromatic ring is 1. The molecule has 2 aliphatic rings. The van der Waals surface area contributed by atoms with Gasteiger partial charge in [0.15, 0.2) is 0 Å². The summed E-state index contributed by atoms with van der Waals surface area (Å²) in [6.07, 6.45) is 4.64. The van der Waals surface area contributed by atoms with Gasteiger partial charge in [-0.2, -0.15) is 0 Å². The third-order valence-corrected chi connectivity index (χ3v) is 4.47. The first-order chi connectivity index (χ1) is 10.2. The predicted octanol–water partition coefficient (Wildman–Crippen LogP) is 2.06. The van der Waals surface area contributed by atoms with Crippen LogP contribution in [0.2, 0.25) is 0 Å². The van der Waals surface area contributed by atoms with Gasteiger partial charge < -0.3 is 20.1 Å². The first-order valence-corrected chi connectivity index (χ1v) is 7.57. The molecule has 2 atom stereocenters. The molecule has 114 valence electrons. The minimum atomic E-state index is 0.0459. The number of methoxy groups -OCH3 is 1. The number of carbonyl (C=O) groups excluding carboxylic acids is 1. The van der Waals surface area contributed by atoms with Crippen LogP contribution in [0, 0.1) is 0 Å². The number of ether oxygens (including phenoxy) is 2. The number of hydrogen-bond acceptors (Lipinski definition) is 4. The smallest absolute Gasteiger partial charge is 0.254 e. The zero-order valence-corrected chi connectivity index (χ0v) is 12.4. The van der Waals surface area contributed by atoms with Gasteiger partial charge in [-0.25, -0.2) is 0 Å². The summed E-state index contributed by atoms with van der Waals surface area (Å²) in [7, 11) is 1.57. The zero-order valence-electron chi connectivity index (χ0n) is 12.4. The number of amides is 1. The van der Waals surface area contributed by atoms with E-state index in [2.05, 4.69) is 0 Å². The molecule has 0 bridgehead atoms.